The second kappa shape index (κ2) is 9.48. The molecular weight excluding hydrogens is 282 g/mol. The molecule has 0 spiro atoms. The molecular formula is C17H31NO4. The highest BCUT2D eigenvalue weighted by atomic mass is 16.5. The number of aliphatic hydroxyl groups is 1. The highest BCUT2D eigenvalue weighted by Gasteiger charge is 2.28. The molecule has 1 saturated carbocycles. The maximum absolute atomic E-state index is 11.8. The van der Waals surface area contributed by atoms with Crippen molar-refractivity contribution in [1.82, 2.24) is 4.90 Å². The third kappa shape index (κ3) is 5.86. The van der Waals surface area contributed by atoms with E-state index in [4.69, 9.17) is 9.47 Å². The SMILES string of the molecule is CCOC(=O)[C@H]1CCCN(C[C@@H](O)COC2CCCCC2)C1. The zero-order valence-electron chi connectivity index (χ0n) is 13.8. The zero-order chi connectivity index (χ0) is 15.8. The lowest BCUT2D eigenvalue weighted by atomic mass is 9.97. The number of likely N-dealkylation sites (tertiary alicyclic amines) is 1. The number of esters is 1. The Kier molecular flexibility index (Phi) is 7.63. The Morgan fingerprint density at radius 2 is 2.00 bits per heavy atom. The predicted molar refractivity (Wildman–Crippen MR) is 84.6 cm³/mol. The molecule has 1 N–H and O–H groups in total. The van der Waals surface area contributed by atoms with E-state index in [0.717, 1.165) is 32.2 Å². The summed E-state index contributed by atoms with van der Waals surface area (Å²) in [5.74, 6) is -0.139. The van der Waals surface area contributed by atoms with Gasteiger partial charge in [0, 0.05) is 13.1 Å². The second-order valence-corrected chi connectivity index (χ2v) is 6.60. The molecule has 0 aromatic heterocycles. The first-order chi connectivity index (χ1) is 10.7. The number of β-amino-alcohol motifs (C(OH)–C–C–N with tert-alkyl or cyclic N) is 1. The molecule has 0 amide bonds. The van der Waals surface area contributed by atoms with Gasteiger partial charge < -0.3 is 14.6 Å². The number of rotatable bonds is 7. The number of carbonyl (C=O) groups excluding carboxylic acids is 1. The fourth-order valence-corrected chi connectivity index (χ4v) is 3.50. The topological polar surface area (TPSA) is 59.0 Å². The van der Waals surface area contributed by atoms with Crippen molar-refractivity contribution in [1.29, 1.82) is 0 Å². The van der Waals surface area contributed by atoms with E-state index in [1.54, 1.807) is 0 Å². The molecule has 2 rings (SSSR count). The van der Waals surface area contributed by atoms with Crippen molar-refractivity contribution < 1.29 is 19.4 Å². The summed E-state index contributed by atoms with van der Waals surface area (Å²) >= 11 is 0. The summed E-state index contributed by atoms with van der Waals surface area (Å²) in [4.78, 5) is 14.0. The van der Waals surface area contributed by atoms with Crippen LogP contribution in [0.4, 0.5) is 0 Å². The first kappa shape index (κ1) is 17.7. The summed E-state index contributed by atoms with van der Waals surface area (Å²) in [5, 5.41) is 10.2. The molecule has 0 aromatic carbocycles. The fraction of sp³-hybridized carbons (Fsp3) is 0.941. The molecule has 1 aliphatic carbocycles. The molecule has 0 radical (unpaired) electrons. The molecule has 2 fully saturated rings. The summed E-state index contributed by atoms with van der Waals surface area (Å²) in [5.41, 5.74) is 0. The number of nitrogens with zero attached hydrogens (tertiary/aromatic N) is 1. The van der Waals surface area contributed by atoms with Crippen molar-refractivity contribution in [2.45, 2.75) is 64.1 Å². The van der Waals surface area contributed by atoms with Gasteiger partial charge in [-0.1, -0.05) is 19.3 Å². The minimum absolute atomic E-state index is 0.0415. The van der Waals surface area contributed by atoms with E-state index < -0.39 is 6.10 Å². The van der Waals surface area contributed by atoms with Gasteiger partial charge in [0.1, 0.15) is 0 Å². The van der Waals surface area contributed by atoms with Crippen molar-refractivity contribution >= 4 is 5.97 Å². The molecule has 2 atom stereocenters. The van der Waals surface area contributed by atoms with Crippen LogP contribution in [-0.4, -0.2) is 61.0 Å². The molecule has 1 saturated heterocycles. The van der Waals surface area contributed by atoms with E-state index in [-0.39, 0.29) is 11.9 Å². The largest absolute Gasteiger partial charge is 0.466 e. The molecule has 1 heterocycles. The Morgan fingerprint density at radius 1 is 1.23 bits per heavy atom. The Labute approximate surface area is 134 Å². The van der Waals surface area contributed by atoms with Crippen molar-refractivity contribution in [2.24, 2.45) is 5.92 Å². The van der Waals surface area contributed by atoms with Gasteiger partial charge in [-0.3, -0.25) is 9.69 Å². The number of hydrogen-bond acceptors (Lipinski definition) is 5. The lowest BCUT2D eigenvalue weighted by molar-refractivity contribution is -0.150. The molecule has 128 valence electrons. The number of carbonyl (C=O) groups is 1. The van der Waals surface area contributed by atoms with Gasteiger partial charge >= 0.3 is 5.97 Å². The van der Waals surface area contributed by atoms with Crippen molar-refractivity contribution in [3.05, 3.63) is 0 Å². The van der Waals surface area contributed by atoms with Crippen LogP contribution in [0.5, 0.6) is 0 Å². The van der Waals surface area contributed by atoms with Crippen LogP contribution in [0.2, 0.25) is 0 Å². The number of aliphatic hydroxyl groups excluding tert-OH is 1. The van der Waals surface area contributed by atoms with Crippen LogP contribution >= 0.6 is 0 Å². The van der Waals surface area contributed by atoms with E-state index in [9.17, 15) is 9.90 Å². The molecule has 0 aromatic rings. The number of ether oxygens (including phenoxy) is 2. The smallest absolute Gasteiger partial charge is 0.310 e. The van der Waals surface area contributed by atoms with E-state index >= 15 is 0 Å². The molecule has 5 nitrogen and oxygen atoms in total. The molecule has 2 aliphatic rings. The number of piperidine rings is 1. The lowest BCUT2D eigenvalue weighted by Gasteiger charge is -2.33. The van der Waals surface area contributed by atoms with Crippen LogP contribution in [-0.2, 0) is 14.3 Å². The minimum Gasteiger partial charge on any atom is -0.466 e. The molecule has 1 aliphatic heterocycles. The van der Waals surface area contributed by atoms with Gasteiger partial charge in [-0.2, -0.15) is 0 Å². The molecule has 0 bridgehead atoms. The zero-order valence-corrected chi connectivity index (χ0v) is 13.8. The van der Waals surface area contributed by atoms with Gasteiger partial charge in [0.2, 0.25) is 0 Å². The predicted octanol–water partition coefficient (Wildman–Crippen LogP) is 1.97. The van der Waals surface area contributed by atoms with Crippen molar-refractivity contribution in [2.75, 3.05) is 32.8 Å². The van der Waals surface area contributed by atoms with E-state index in [1.807, 2.05) is 6.92 Å². The Balaban J connectivity index is 1.66. The number of hydrogen-bond donors (Lipinski definition) is 1. The quantitative estimate of drug-likeness (QED) is 0.728. The van der Waals surface area contributed by atoms with Crippen LogP contribution in [0.25, 0.3) is 0 Å². The first-order valence-electron chi connectivity index (χ1n) is 8.87. The van der Waals surface area contributed by atoms with Crippen LogP contribution < -0.4 is 0 Å². The molecule has 22 heavy (non-hydrogen) atoms. The van der Waals surface area contributed by atoms with E-state index in [1.165, 1.54) is 19.3 Å². The monoisotopic (exact) mass is 313 g/mol. The van der Waals surface area contributed by atoms with Gasteiger partial charge in [0.15, 0.2) is 0 Å². The minimum atomic E-state index is -0.470. The van der Waals surface area contributed by atoms with Crippen LogP contribution in [0, 0.1) is 5.92 Å². The van der Waals surface area contributed by atoms with E-state index in [0.29, 0.717) is 32.4 Å². The standard InChI is InChI=1S/C17H31NO4/c1-2-21-17(20)14-7-6-10-18(11-14)12-15(19)13-22-16-8-4-3-5-9-16/h14-16,19H,2-13H2,1H3/t14-,15+/m0/s1. The fourth-order valence-electron chi connectivity index (χ4n) is 3.50. The van der Waals surface area contributed by atoms with Crippen LogP contribution in [0.3, 0.4) is 0 Å². The van der Waals surface area contributed by atoms with E-state index in [2.05, 4.69) is 4.90 Å². The first-order valence-corrected chi connectivity index (χ1v) is 8.87. The van der Waals surface area contributed by atoms with Crippen LogP contribution in [0.1, 0.15) is 51.9 Å². The molecule has 0 unspecified atom stereocenters. The maximum Gasteiger partial charge on any atom is 0.310 e. The second-order valence-electron chi connectivity index (χ2n) is 6.60. The van der Waals surface area contributed by atoms with Gasteiger partial charge in [0.25, 0.3) is 0 Å². The summed E-state index contributed by atoms with van der Waals surface area (Å²) in [6.45, 7) is 4.90. The van der Waals surface area contributed by atoms with Gasteiger partial charge in [0.05, 0.1) is 31.3 Å². The summed E-state index contributed by atoms with van der Waals surface area (Å²) in [7, 11) is 0. The average molecular weight is 313 g/mol. The maximum atomic E-state index is 11.8. The Morgan fingerprint density at radius 3 is 2.73 bits per heavy atom. The lowest BCUT2D eigenvalue weighted by Crippen LogP contribution is -2.44. The highest BCUT2D eigenvalue weighted by molar-refractivity contribution is 5.72. The Hall–Kier alpha value is -0.650. The van der Waals surface area contributed by atoms with Crippen LogP contribution in [0.15, 0.2) is 0 Å². The molecule has 5 heteroatoms. The third-order valence-corrected chi connectivity index (χ3v) is 4.67. The average Bonchev–Trinajstić information content (AvgIpc) is 2.54. The summed E-state index contributed by atoms with van der Waals surface area (Å²) in [6.07, 6.45) is 7.79. The van der Waals surface area contributed by atoms with Crippen molar-refractivity contribution in [3.63, 3.8) is 0 Å². The van der Waals surface area contributed by atoms with Gasteiger partial charge in [-0.25, -0.2) is 0 Å². The Bertz CT molecular complexity index is 331. The third-order valence-electron chi connectivity index (χ3n) is 4.67. The van der Waals surface area contributed by atoms with Crippen molar-refractivity contribution in [3.8, 4) is 0 Å². The van der Waals surface area contributed by atoms with Gasteiger partial charge in [-0.05, 0) is 39.2 Å². The highest BCUT2D eigenvalue weighted by Crippen LogP contribution is 2.21. The normalized spacial score (nSPS) is 25.8. The van der Waals surface area contributed by atoms with Gasteiger partial charge in [-0.15, -0.1) is 0 Å². The summed E-state index contributed by atoms with van der Waals surface area (Å²) in [6, 6.07) is 0. The summed E-state index contributed by atoms with van der Waals surface area (Å²) < 4.78 is 10.9.